The summed E-state index contributed by atoms with van der Waals surface area (Å²) in [6.45, 7) is 2.46. The van der Waals surface area contributed by atoms with Crippen molar-refractivity contribution >= 4 is 32.7 Å². The predicted molar refractivity (Wildman–Crippen MR) is 74.4 cm³/mol. The predicted octanol–water partition coefficient (Wildman–Crippen LogP) is 1.79. The second-order valence-corrected chi connectivity index (χ2v) is 5.20. The van der Waals surface area contributed by atoms with E-state index in [-0.39, 0.29) is 11.9 Å². The van der Waals surface area contributed by atoms with E-state index in [1.54, 1.807) is 0 Å². The molecular formula is C12H15BrN4O. The van der Waals surface area contributed by atoms with Crippen LogP contribution in [0.25, 0.3) is 10.9 Å². The maximum atomic E-state index is 12.0. The van der Waals surface area contributed by atoms with Crippen molar-refractivity contribution in [2.45, 2.75) is 19.4 Å². The van der Waals surface area contributed by atoms with Crippen LogP contribution in [-0.2, 0) is 0 Å². The summed E-state index contributed by atoms with van der Waals surface area (Å²) >= 11 is 3.38. The van der Waals surface area contributed by atoms with Gasteiger partial charge in [-0.25, -0.2) is 0 Å². The van der Waals surface area contributed by atoms with Crippen molar-refractivity contribution in [1.29, 1.82) is 0 Å². The zero-order valence-electron chi connectivity index (χ0n) is 10.0. The van der Waals surface area contributed by atoms with Crippen molar-refractivity contribution in [1.82, 2.24) is 15.5 Å². The Morgan fingerprint density at radius 1 is 1.61 bits per heavy atom. The van der Waals surface area contributed by atoms with Crippen LogP contribution < -0.4 is 11.1 Å². The second kappa shape index (κ2) is 5.49. The lowest BCUT2D eigenvalue weighted by Crippen LogP contribution is -2.29. The van der Waals surface area contributed by atoms with Gasteiger partial charge in [0.05, 0.1) is 5.52 Å². The summed E-state index contributed by atoms with van der Waals surface area (Å²) in [7, 11) is 0. The van der Waals surface area contributed by atoms with Crippen molar-refractivity contribution in [3.63, 3.8) is 0 Å². The number of halogens is 1. The summed E-state index contributed by atoms with van der Waals surface area (Å²) in [6.07, 6.45) is 0.748. The highest BCUT2D eigenvalue weighted by atomic mass is 79.9. The Balaban J connectivity index is 2.15. The molecule has 4 N–H and O–H groups in total. The zero-order chi connectivity index (χ0) is 13.1. The Bertz CT molecular complexity index is 564. The highest BCUT2D eigenvalue weighted by Gasteiger charge is 2.13. The van der Waals surface area contributed by atoms with Crippen LogP contribution >= 0.6 is 15.9 Å². The first kappa shape index (κ1) is 13.0. The van der Waals surface area contributed by atoms with Gasteiger partial charge in [-0.2, -0.15) is 5.10 Å². The lowest BCUT2D eigenvalue weighted by Gasteiger charge is -2.05. The molecule has 0 aliphatic heterocycles. The molecule has 0 aliphatic carbocycles. The smallest absolute Gasteiger partial charge is 0.272 e. The molecule has 0 saturated carbocycles. The highest BCUT2D eigenvalue weighted by Crippen LogP contribution is 2.20. The number of fused-ring (bicyclic) bond motifs is 1. The molecule has 0 fully saturated rings. The molecule has 1 heterocycles. The van der Waals surface area contributed by atoms with Crippen LogP contribution in [0.4, 0.5) is 0 Å². The summed E-state index contributed by atoms with van der Waals surface area (Å²) in [5.74, 6) is -0.181. The van der Waals surface area contributed by atoms with Gasteiger partial charge in [0.1, 0.15) is 0 Å². The molecule has 0 aliphatic rings. The van der Waals surface area contributed by atoms with Gasteiger partial charge in [0.25, 0.3) is 5.91 Å². The number of carbonyl (C=O) groups is 1. The number of aromatic amines is 1. The van der Waals surface area contributed by atoms with Gasteiger partial charge < -0.3 is 11.1 Å². The number of carbonyl (C=O) groups excluding carboxylic acids is 1. The number of benzene rings is 1. The van der Waals surface area contributed by atoms with Crippen molar-refractivity contribution in [3.05, 3.63) is 28.4 Å². The van der Waals surface area contributed by atoms with Crippen LogP contribution in [-0.4, -0.2) is 28.7 Å². The summed E-state index contributed by atoms with van der Waals surface area (Å²) in [6, 6.07) is 5.73. The van der Waals surface area contributed by atoms with E-state index in [1.807, 2.05) is 25.1 Å². The van der Waals surface area contributed by atoms with Gasteiger partial charge in [0.15, 0.2) is 5.69 Å². The van der Waals surface area contributed by atoms with Gasteiger partial charge in [-0.15, -0.1) is 0 Å². The van der Waals surface area contributed by atoms with Crippen LogP contribution in [0.3, 0.4) is 0 Å². The molecule has 0 radical (unpaired) electrons. The van der Waals surface area contributed by atoms with Crippen LogP contribution in [0, 0.1) is 0 Å². The standard InChI is InChI=1S/C12H15BrN4O/c1-7(14)4-5-15-12(18)11-9-6-8(13)2-3-10(9)16-17-11/h2-3,6-7H,4-5,14H2,1H3,(H,15,18)(H,16,17). The number of nitrogens with one attached hydrogen (secondary N) is 2. The molecular weight excluding hydrogens is 296 g/mol. The molecule has 0 saturated heterocycles. The zero-order valence-corrected chi connectivity index (χ0v) is 11.6. The Labute approximate surface area is 113 Å². The average Bonchev–Trinajstić information content (AvgIpc) is 2.71. The van der Waals surface area contributed by atoms with E-state index in [0.717, 1.165) is 21.8 Å². The van der Waals surface area contributed by atoms with Crippen molar-refractivity contribution in [2.75, 3.05) is 6.54 Å². The van der Waals surface area contributed by atoms with Crippen molar-refractivity contribution in [2.24, 2.45) is 5.73 Å². The molecule has 96 valence electrons. The molecule has 18 heavy (non-hydrogen) atoms. The number of nitrogens with zero attached hydrogens (tertiary/aromatic N) is 1. The van der Waals surface area contributed by atoms with Crippen molar-refractivity contribution in [3.8, 4) is 0 Å². The lowest BCUT2D eigenvalue weighted by molar-refractivity contribution is 0.0949. The minimum absolute atomic E-state index is 0.0790. The summed E-state index contributed by atoms with van der Waals surface area (Å²) in [4.78, 5) is 12.0. The molecule has 0 bridgehead atoms. The normalized spacial score (nSPS) is 12.6. The molecule has 0 spiro atoms. The van der Waals surface area contributed by atoms with Crippen LogP contribution in [0.1, 0.15) is 23.8 Å². The number of hydrogen-bond acceptors (Lipinski definition) is 3. The number of aromatic nitrogens is 2. The Morgan fingerprint density at radius 3 is 3.11 bits per heavy atom. The number of amides is 1. The molecule has 1 aromatic carbocycles. The fourth-order valence-electron chi connectivity index (χ4n) is 1.66. The largest absolute Gasteiger partial charge is 0.351 e. The Morgan fingerprint density at radius 2 is 2.39 bits per heavy atom. The lowest BCUT2D eigenvalue weighted by atomic mass is 10.2. The Hall–Kier alpha value is -1.40. The molecule has 2 aromatic rings. The minimum atomic E-state index is -0.181. The number of hydrogen-bond donors (Lipinski definition) is 3. The van der Waals surface area contributed by atoms with E-state index in [0.29, 0.717) is 12.2 Å². The molecule has 5 nitrogen and oxygen atoms in total. The summed E-state index contributed by atoms with van der Waals surface area (Å²) in [5, 5.41) is 10.5. The van der Waals surface area contributed by atoms with E-state index >= 15 is 0 Å². The minimum Gasteiger partial charge on any atom is -0.351 e. The first-order valence-corrected chi connectivity index (χ1v) is 6.54. The first-order valence-electron chi connectivity index (χ1n) is 5.75. The molecule has 1 aromatic heterocycles. The maximum Gasteiger partial charge on any atom is 0.272 e. The first-order chi connectivity index (χ1) is 8.58. The van der Waals surface area contributed by atoms with E-state index < -0.39 is 0 Å². The molecule has 2 rings (SSSR count). The van der Waals surface area contributed by atoms with E-state index in [9.17, 15) is 4.79 Å². The van der Waals surface area contributed by atoms with Gasteiger partial charge in [-0.1, -0.05) is 15.9 Å². The summed E-state index contributed by atoms with van der Waals surface area (Å²) < 4.78 is 0.918. The van der Waals surface area contributed by atoms with Gasteiger partial charge in [-0.3, -0.25) is 9.89 Å². The number of rotatable bonds is 4. The van der Waals surface area contributed by atoms with Crippen LogP contribution in [0.15, 0.2) is 22.7 Å². The quantitative estimate of drug-likeness (QED) is 0.805. The molecule has 6 heteroatoms. The topological polar surface area (TPSA) is 83.8 Å². The Kier molecular flexibility index (Phi) is 3.98. The summed E-state index contributed by atoms with van der Waals surface area (Å²) in [5.41, 5.74) is 6.88. The van der Waals surface area contributed by atoms with E-state index in [1.165, 1.54) is 0 Å². The van der Waals surface area contributed by atoms with Crippen LogP contribution in [0.5, 0.6) is 0 Å². The van der Waals surface area contributed by atoms with Crippen molar-refractivity contribution < 1.29 is 4.79 Å². The molecule has 1 unspecified atom stereocenters. The van der Waals surface area contributed by atoms with Gasteiger partial charge >= 0.3 is 0 Å². The van der Waals surface area contributed by atoms with Gasteiger partial charge in [-0.05, 0) is 31.5 Å². The average molecular weight is 311 g/mol. The highest BCUT2D eigenvalue weighted by molar-refractivity contribution is 9.10. The molecule has 1 atom stereocenters. The second-order valence-electron chi connectivity index (χ2n) is 4.28. The number of H-pyrrole nitrogens is 1. The molecule has 1 amide bonds. The fourth-order valence-corrected chi connectivity index (χ4v) is 2.02. The van der Waals surface area contributed by atoms with Crippen LogP contribution in [0.2, 0.25) is 0 Å². The third-order valence-corrected chi connectivity index (χ3v) is 3.12. The third-order valence-electron chi connectivity index (χ3n) is 2.63. The van der Waals surface area contributed by atoms with Gasteiger partial charge in [0.2, 0.25) is 0 Å². The number of nitrogens with two attached hydrogens (primary N) is 1. The van der Waals surface area contributed by atoms with E-state index in [2.05, 4.69) is 31.4 Å². The monoisotopic (exact) mass is 310 g/mol. The maximum absolute atomic E-state index is 12.0. The SMILES string of the molecule is CC(N)CCNC(=O)c1n[nH]c2ccc(Br)cc12. The third kappa shape index (κ3) is 2.88. The van der Waals surface area contributed by atoms with Gasteiger partial charge in [0, 0.05) is 22.4 Å². The van der Waals surface area contributed by atoms with E-state index in [4.69, 9.17) is 5.73 Å². The fraction of sp³-hybridized carbons (Fsp3) is 0.333.